The molecule has 0 spiro atoms. The van der Waals surface area contributed by atoms with E-state index in [0.29, 0.717) is 27.9 Å². The third-order valence-corrected chi connectivity index (χ3v) is 5.05. The van der Waals surface area contributed by atoms with E-state index >= 15 is 0 Å². The average Bonchev–Trinajstić information content (AvgIpc) is 3.12. The van der Waals surface area contributed by atoms with E-state index in [-0.39, 0.29) is 12.5 Å². The first kappa shape index (κ1) is 20.0. The highest BCUT2D eigenvalue weighted by atomic mass is 35.5. The maximum Gasteiger partial charge on any atom is 0.262 e. The molecule has 6 heteroatoms. The Labute approximate surface area is 179 Å². The SMILES string of the molecule is Cc1ccc(OCC(=O)Nc2cc(-c3nc4ccc(C)cc4o3)ccc2Cl)c(C)c1. The largest absolute Gasteiger partial charge is 0.483 e. The number of hydrogen-bond donors (Lipinski definition) is 1. The van der Waals surface area contributed by atoms with Crippen molar-refractivity contribution in [3.63, 3.8) is 0 Å². The molecule has 1 N–H and O–H groups in total. The van der Waals surface area contributed by atoms with Crippen molar-refractivity contribution in [1.29, 1.82) is 0 Å². The summed E-state index contributed by atoms with van der Waals surface area (Å²) < 4.78 is 11.5. The lowest BCUT2D eigenvalue weighted by atomic mass is 10.1. The van der Waals surface area contributed by atoms with Crippen LogP contribution in [0.15, 0.2) is 59.0 Å². The van der Waals surface area contributed by atoms with Gasteiger partial charge in [0.25, 0.3) is 5.91 Å². The molecule has 3 aromatic carbocycles. The number of halogens is 1. The molecule has 0 radical (unpaired) electrons. The van der Waals surface area contributed by atoms with Crippen LogP contribution < -0.4 is 10.1 Å². The van der Waals surface area contributed by atoms with Crippen LogP contribution in [-0.2, 0) is 4.79 Å². The van der Waals surface area contributed by atoms with Crippen LogP contribution in [0.25, 0.3) is 22.6 Å². The molecule has 1 aromatic heterocycles. The second-order valence-corrected chi connectivity index (χ2v) is 7.70. The third-order valence-electron chi connectivity index (χ3n) is 4.72. The monoisotopic (exact) mass is 420 g/mol. The van der Waals surface area contributed by atoms with E-state index in [9.17, 15) is 4.79 Å². The molecule has 4 aromatic rings. The molecule has 0 saturated heterocycles. The second kappa shape index (κ2) is 8.20. The Morgan fingerprint density at radius 2 is 1.80 bits per heavy atom. The number of carbonyl (C=O) groups excluding carboxylic acids is 1. The van der Waals surface area contributed by atoms with E-state index in [2.05, 4.69) is 10.3 Å². The molecular formula is C24H21ClN2O3. The Balaban J connectivity index is 1.50. The number of aryl methyl sites for hydroxylation is 3. The van der Waals surface area contributed by atoms with Gasteiger partial charge in [-0.15, -0.1) is 0 Å². The normalized spacial score (nSPS) is 10.9. The summed E-state index contributed by atoms with van der Waals surface area (Å²) in [7, 11) is 0. The number of nitrogens with zero attached hydrogens (tertiary/aromatic N) is 1. The van der Waals surface area contributed by atoms with E-state index in [1.165, 1.54) is 0 Å². The van der Waals surface area contributed by atoms with Gasteiger partial charge in [-0.25, -0.2) is 4.98 Å². The summed E-state index contributed by atoms with van der Waals surface area (Å²) in [5, 5.41) is 3.22. The topological polar surface area (TPSA) is 64.4 Å². The Kier molecular flexibility index (Phi) is 5.46. The number of ether oxygens (including phenoxy) is 1. The minimum atomic E-state index is -0.304. The minimum Gasteiger partial charge on any atom is -0.483 e. The van der Waals surface area contributed by atoms with Crippen LogP contribution in [-0.4, -0.2) is 17.5 Å². The zero-order valence-electron chi connectivity index (χ0n) is 17.0. The summed E-state index contributed by atoms with van der Waals surface area (Å²) in [6, 6.07) is 16.9. The number of aromatic nitrogens is 1. The standard InChI is InChI=1S/C24H21ClN2O3/c1-14-5-9-21(16(3)10-14)29-13-23(28)26-20-12-17(6-7-18(20)25)24-27-19-8-4-15(2)11-22(19)30-24/h4-12H,13H2,1-3H3,(H,26,28). The van der Waals surface area contributed by atoms with Crippen molar-refractivity contribution >= 4 is 34.3 Å². The first-order valence-corrected chi connectivity index (χ1v) is 9.94. The van der Waals surface area contributed by atoms with Crippen LogP contribution in [0.4, 0.5) is 5.69 Å². The molecule has 0 aliphatic heterocycles. The number of nitrogens with one attached hydrogen (secondary N) is 1. The molecule has 4 rings (SSSR count). The quantitative estimate of drug-likeness (QED) is 0.424. The van der Waals surface area contributed by atoms with Crippen LogP contribution in [0.5, 0.6) is 5.75 Å². The molecule has 1 amide bonds. The molecule has 0 atom stereocenters. The number of anilines is 1. The predicted octanol–water partition coefficient (Wildman–Crippen LogP) is 6.09. The van der Waals surface area contributed by atoms with Gasteiger partial charge >= 0.3 is 0 Å². The fourth-order valence-corrected chi connectivity index (χ4v) is 3.37. The maximum absolute atomic E-state index is 12.4. The average molecular weight is 421 g/mol. The summed E-state index contributed by atoms with van der Waals surface area (Å²) in [6.07, 6.45) is 0. The summed E-state index contributed by atoms with van der Waals surface area (Å²) in [4.78, 5) is 16.9. The van der Waals surface area contributed by atoms with E-state index in [0.717, 1.165) is 27.8 Å². The smallest absolute Gasteiger partial charge is 0.262 e. The Morgan fingerprint density at radius 1 is 1.03 bits per heavy atom. The molecule has 0 aliphatic rings. The first-order chi connectivity index (χ1) is 14.4. The zero-order chi connectivity index (χ0) is 21.3. The van der Waals surface area contributed by atoms with Gasteiger partial charge in [-0.2, -0.15) is 0 Å². The van der Waals surface area contributed by atoms with E-state index < -0.39 is 0 Å². The van der Waals surface area contributed by atoms with E-state index in [1.807, 2.05) is 63.2 Å². The van der Waals surface area contributed by atoms with Crippen molar-refractivity contribution in [2.45, 2.75) is 20.8 Å². The van der Waals surface area contributed by atoms with Gasteiger partial charge in [0.15, 0.2) is 12.2 Å². The van der Waals surface area contributed by atoms with Crippen molar-refractivity contribution < 1.29 is 13.9 Å². The number of oxazole rings is 1. The van der Waals surface area contributed by atoms with Gasteiger partial charge in [0.2, 0.25) is 5.89 Å². The summed E-state index contributed by atoms with van der Waals surface area (Å²) >= 11 is 6.28. The summed E-state index contributed by atoms with van der Waals surface area (Å²) in [5.41, 5.74) is 5.90. The first-order valence-electron chi connectivity index (χ1n) is 9.56. The van der Waals surface area contributed by atoms with Crippen molar-refractivity contribution in [1.82, 2.24) is 4.98 Å². The maximum atomic E-state index is 12.4. The number of carbonyl (C=O) groups is 1. The van der Waals surface area contributed by atoms with Crippen molar-refractivity contribution in [3.8, 4) is 17.2 Å². The molecule has 0 fully saturated rings. The van der Waals surface area contributed by atoms with Gasteiger partial charge < -0.3 is 14.5 Å². The Morgan fingerprint density at radius 3 is 2.60 bits per heavy atom. The highest BCUT2D eigenvalue weighted by Gasteiger charge is 2.13. The zero-order valence-corrected chi connectivity index (χ0v) is 17.7. The second-order valence-electron chi connectivity index (χ2n) is 7.29. The minimum absolute atomic E-state index is 0.118. The van der Waals surface area contributed by atoms with Gasteiger partial charge in [-0.1, -0.05) is 35.4 Å². The lowest BCUT2D eigenvalue weighted by Gasteiger charge is -2.11. The van der Waals surface area contributed by atoms with Crippen LogP contribution in [0.2, 0.25) is 5.02 Å². The van der Waals surface area contributed by atoms with Crippen LogP contribution >= 0.6 is 11.6 Å². The number of rotatable bonds is 5. The molecule has 5 nitrogen and oxygen atoms in total. The fourth-order valence-electron chi connectivity index (χ4n) is 3.20. The van der Waals surface area contributed by atoms with Gasteiger partial charge in [0, 0.05) is 5.56 Å². The van der Waals surface area contributed by atoms with Crippen molar-refractivity contribution in [3.05, 3.63) is 76.3 Å². The molecular weight excluding hydrogens is 400 g/mol. The number of fused-ring (bicyclic) bond motifs is 1. The third kappa shape index (κ3) is 4.31. The number of hydrogen-bond acceptors (Lipinski definition) is 4. The number of benzene rings is 3. The highest BCUT2D eigenvalue weighted by molar-refractivity contribution is 6.33. The van der Waals surface area contributed by atoms with Gasteiger partial charge in [-0.3, -0.25) is 4.79 Å². The van der Waals surface area contributed by atoms with Gasteiger partial charge in [0.05, 0.1) is 10.7 Å². The molecule has 0 aliphatic carbocycles. The van der Waals surface area contributed by atoms with Crippen LogP contribution in [0, 0.1) is 20.8 Å². The lowest BCUT2D eigenvalue weighted by molar-refractivity contribution is -0.118. The van der Waals surface area contributed by atoms with Crippen LogP contribution in [0.1, 0.15) is 16.7 Å². The summed E-state index contributed by atoms with van der Waals surface area (Å²) in [5.74, 6) is 0.842. The fraction of sp³-hybridized carbons (Fsp3) is 0.167. The van der Waals surface area contributed by atoms with E-state index in [1.54, 1.807) is 12.1 Å². The molecule has 0 unspecified atom stereocenters. The molecule has 1 heterocycles. The lowest BCUT2D eigenvalue weighted by Crippen LogP contribution is -2.20. The van der Waals surface area contributed by atoms with E-state index in [4.69, 9.17) is 20.8 Å². The summed E-state index contributed by atoms with van der Waals surface area (Å²) in [6.45, 7) is 5.84. The Bertz CT molecular complexity index is 1250. The van der Waals surface area contributed by atoms with Crippen LogP contribution in [0.3, 0.4) is 0 Å². The number of amides is 1. The van der Waals surface area contributed by atoms with Crippen molar-refractivity contribution in [2.75, 3.05) is 11.9 Å². The van der Waals surface area contributed by atoms with Gasteiger partial charge in [-0.05, 0) is 68.3 Å². The molecule has 0 saturated carbocycles. The highest BCUT2D eigenvalue weighted by Crippen LogP contribution is 2.30. The Hall–Kier alpha value is -3.31. The van der Waals surface area contributed by atoms with Gasteiger partial charge in [0.1, 0.15) is 11.3 Å². The molecule has 0 bridgehead atoms. The molecule has 152 valence electrons. The van der Waals surface area contributed by atoms with Crippen molar-refractivity contribution in [2.24, 2.45) is 0 Å². The molecule has 30 heavy (non-hydrogen) atoms. The predicted molar refractivity (Wildman–Crippen MR) is 119 cm³/mol.